The first-order valence-corrected chi connectivity index (χ1v) is 8.48. The molecule has 0 aromatic heterocycles. The van der Waals surface area contributed by atoms with Gasteiger partial charge in [0, 0.05) is 11.6 Å². The SMILES string of the molecule is NS(=O)(=O)c1ccc(NC(=O)[C@@H]2C[C@@H]2c2ccccc2)cc1. The van der Waals surface area contributed by atoms with Gasteiger partial charge in [0.1, 0.15) is 0 Å². The Balaban J connectivity index is 1.64. The van der Waals surface area contributed by atoms with E-state index >= 15 is 0 Å². The summed E-state index contributed by atoms with van der Waals surface area (Å²) in [7, 11) is -3.71. The van der Waals surface area contributed by atoms with Crippen molar-refractivity contribution in [1.82, 2.24) is 0 Å². The van der Waals surface area contributed by atoms with Gasteiger partial charge in [0.05, 0.1) is 4.90 Å². The summed E-state index contributed by atoms with van der Waals surface area (Å²) in [6.45, 7) is 0. The van der Waals surface area contributed by atoms with Crippen molar-refractivity contribution in [2.45, 2.75) is 17.2 Å². The highest BCUT2D eigenvalue weighted by molar-refractivity contribution is 7.89. The van der Waals surface area contributed by atoms with Crippen LogP contribution in [0.15, 0.2) is 59.5 Å². The van der Waals surface area contributed by atoms with Crippen molar-refractivity contribution in [2.75, 3.05) is 5.32 Å². The van der Waals surface area contributed by atoms with Crippen LogP contribution in [0.4, 0.5) is 5.69 Å². The van der Waals surface area contributed by atoms with Gasteiger partial charge in [-0.15, -0.1) is 0 Å². The molecule has 3 rings (SSSR count). The van der Waals surface area contributed by atoms with Crippen molar-refractivity contribution in [3.8, 4) is 0 Å². The molecule has 1 aliphatic rings. The highest BCUT2D eigenvalue weighted by atomic mass is 32.2. The zero-order chi connectivity index (χ0) is 15.7. The lowest BCUT2D eigenvalue weighted by Gasteiger charge is -2.06. The molecule has 0 spiro atoms. The van der Waals surface area contributed by atoms with E-state index < -0.39 is 10.0 Å². The molecule has 0 unspecified atom stereocenters. The van der Waals surface area contributed by atoms with Gasteiger partial charge in [-0.2, -0.15) is 0 Å². The zero-order valence-corrected chi connectivity index (χ0v) is 12.6. The molecule has 0 radical (unpaired) electrons. The largest absolute Gasteiger partial charge is 0.326 e. The topological polar surface area (TPSA) is 89.3 Å². The van der Waals surface area contributed by atoms with E-state index in [9.17, 15) is 13.2 Å². The zero-order valence-electron chi connectivity index (χ0n) is 11.8. The van der Waals surface area contributed by atoms with Crippen molar-refractivity contribution < 1.29 is 13.2 Å². The molecule has 6 heteroatoms. The maximum atomic E-state index is 12.2. The van der Waals surface area contributed by atoms with E-state index in [0.29, 0.717) is 5.69 Å². The Hall–Kier alpha value is -2.18. The maximum absolute atomic E-state index is 12.2. The first kappa shape index (κ1) is 14.7. The second-order valence-corrected chi connectivity index (χ2v) is 6.98. The molecule has 3 N–H and O–H groups in total. The van der Waals surface area contributed by atoms with E-state index in [1.165, 1.54) is 29.8 Å². The lowest BCUT2D eigenvalue weighted by atomic mass is 10.1. The van der Waals surface area contributed by atoms with Crippen molar-refractivity contribution in [1.29, 1.82) is 0 Å². The fraction of sp³-hybridized carbons (Fsp3) is 0.188. The van der Waals surface area contributed by atoms with Crippen molar-refractivity contribution in [3.63, 3.8) is 0 Å². The minimum absolute atomic E-state index is 0.0269. The molecule has 1 amide bonds. The smallest absolute Gasteiger partial charge is 0.238 e. The van der Waals surface area contributed by atoms with Crippen molar-refractivity contribution >= 4 is 21.6 Å². The van der Waals surface area contributed by atoms with Gasteiger partial charge >= 0.3 is 0 Å². The molecule has 0 aliphatic heterocycles. The number of amides is 1. The number of hydrogen-bond donors (Lipinski definition) is 2. The third-order valence-corrected chi connectivity index (χ3v) is 4.73. The minimum Gasteiger partial charge on any atom is -0.326 e. The fourth-order valence-electron chi connectivity index (χ4n) is 2.52. The van der Waals surface area contributed by atoms with E-state index in [1.807, 2.05) is 30.3 Å². The van der Waals surface area contributed by atoms with E-state index in [1.54, 1.807) is 0 Å². The molecule has 1 aliphatic carbocycles. The number of sulfonamides is 1. The lowest BCUT2D eigenvalue weighted by Crippen LogP contribution is -2.15. The summed E-state index contributed by atoms with van der Waals surface area (Å²) in [5.41, 5.74) is 1.74. The van der Waals surface area contributed by atoms with E-state index in [0.717, 1.165) is 6.42 Å². The van der Waals surface area contributed by atoms with Crippen LogP contribution in [0.3, 0.4) is 0 Å². The summed E-state index contributed by atoms with van der Waals surface area (Å²) in [5.74, 6) is 0.197. The number of nitrogens with one attached hydrogen (secondary N) is 1. The average Bonchev–Trinajstić information content (AvgIpc) is 3.28. The minimum atomic E-state index is -3.71. The normalized spacial score (nSPS) is 20.4. The number of primary sulfonamides is 1. The molecule has 114 valence electrons. The third-order valence-electron chi connectivity index (χ3n) is 3.81. The Morgan fingerprint density at radius 2 is 1.68 bits per heavy atom. The number of hydrogen-bond acceptors (Lipinski definition) is 3. The summed E-state index contributed by atoms with van der Waals surface area (Å²) in [6.07, 6.45) is 0.838. The quantitative estimate of drug-likeness (QED) is 0.905. The van der Waals surface area contributed by atoms with Crippen molar-refractivity contribution in [2.24, 2.45) is 11.1 Å². The van der Waals surface area contributed by atoms with Crippen LogP contribution in [0.2, 0.25) is 0 Å². The number of carbonyl (C=O) groups excluding carboxylic acids is 1. The van der Waals surface area contributed by atoms with Gasteiger partial charge in [-0.25, -0.2) is 13.6 Å². The van der Waals surface area contributed by atoms with Gasteiger partial charge in [0.25, 0.3) is 0 Å². The van der Waals surface area contributed by atoms with Crippen LogP contribution in [-0.2, 0) is 14.8 Å². The van der Waals surface area contributed by atoms with Crippen LogP contribution in [-0.4, -0.2) is 14.3 Å². The molecule has 22 heavy (non-hydrogen) atoms. The fourth-order valence-corrected chi connectivity index (χ4v) is 3.03. The van der Waals surface area contributed by atoms with Crippen LogP contribution < -0.4 is 10.5 Å². The Morgan fingerprint density at radius 1 is 1.05 bits per heavy atom. The van der Waals surface area contributed by atoms with Crippen LogP contribution in [0.1, 0.15) is 17.9 Å². The highest BCUT2D eigenvalue weighted by Crippen LogP contribution is 2.47. The van der Waals surface area contributed by atoms with Gasteiger partial charge in [0.2, 0.25) is 15.9 Å². The predicted molar refractivity (Wildman–Crippen MR) is 83.7 cm³/mol. The standard InChI is InChI=1S/C16H16N2O3S/c17-22(20,21)13-8-6-12(7-9-13)18-16(19)15-10-14(15)11-4-2-1-3-5-11/h1-9,14-15H,10H2,(H,18,19)(H2,17,20,21)/t14-,15-/m1/s1. The predicted octanol–water partition coefficient (Wildman–Crippen LogP) is 2.08. The third kappa shape index (κ3) is 3.18. The molecule has 2 atom stereocenters. The molecular weight excluding hydrogens is 300 g/mol. The maximum Gasteiger partial charge on any atom is 0.238 e. The summed E-state index contributed by atoms with van der Waals surface area (Å²) in [4.78, 5) is 12.2. The van der Waals surface area contributed by atoms with Crippen LogP contribution >= 0.6 is 0 Å². The molecule has 5 nitrogen and oxygen atoms in total. The number of carbonyl (C=O) groups is 1. The van der Waals surface area contributed by atoms with Gasteiger partial charge < -0.3 is 5.32 Å². The Kier molecular flexibility index (Phi) is 3.72. The summed E-state index contributed by atoms with van der Waals surface area (Å²) in [6, 6.07) is 15.8. The van der Waals surface area contributed by atoms with E-state index in [-0.39, 0.29) is 22.6 Å². The van der Waals surface area contributed by atoms with Gasteiger partial charge in [-0.05, 0) is 42.2 Å². The lowest BCUT2D eigenvalue weighted by molar-refractivity contribution is -0.117. The Labute approximate surface area is 129 Å². The first-order valence-electron chi connectivity index (χ1n) is 6.94. The molecule has 1 fully saturated rings. The number of anilines is 1. The summed E-state index contributed by atoms with van der Waals surface area (Å²) >= 11 is 0. The number of nitrogens with two attached hydrogens (primary N) is 1. The van der Waals surface area contributed by atoms with Crippen LogP contribution in [0.25, 0.3) is 0 Å². The Bertz CT molecular complexity index is 786. The summed E-state index contributed by atoms with van der Waals surface area (Å²) in [5, 5.41) is 7.84. The molecular formula is C16H16N2O3S. The average molecular weight is 316 g/mol. The van der Waals surface area contributed by atoms with E-state index in [4.69, 9.17) is 5.14 Å². The van der Waals surface area contributed by atoms with Crippen LogP contribution in [0.5, 0.6) is 0 Å². The van der Waals surface area contributed by atoms with Gasteiger partial charge in [-0.1, -0.05) is 30.3 Å². The van der Waals surface area contributed by atoms with Gasteiger partial charge in [-0.3, -0.25) is 4.79 Å². The van der Waals surface area contributed by atoms with E-state index in [2.05, 4.69) is 5.32 Å². The van der Waals surface area contributed by atoms with Crippen LogP contribution in [0, 0.1) is 5.92 Å². The summed E-state index contributed by atoms with van der Waals surface area (Å²) < 4.78 is 22.3. The second kappa shape index (κ2) is 5.55. The molecule has 2 aromatic rings. The molecule has 1 saturated carbocycles. The highest BCUT2D eigenvalue weighted by Gasteiger charge is 2.43. The molecule has 0 bridgehead atoms. The first-order chi connectivity index (χ1) is 10.4. The molecule has 0 saturated heterocycles. The van der Waals surface area contributed by atoms with Crippen molar-refractivity contribution in [3.05, 3.63) is 60.2 Å². The molecule has 2 aromatic carbocycles. The number of rotatable bonds is 4. The van der Waals surface area contributed by atoms with Gasteiger partial charge in [0.15, 0.2) is 0 Å². The second-order valence-electron chi connectivity index (χ2n) is 5.42. The number of benzene rings is 2. The monoisotopic (exact) mass is 316 g/mol. The molecule has 0 heterocycles. The Morgan fingerprint density at radius 3 is 2.27 bits per heavy atom.